The van der Waals surface area contributed by atoms with Crippen molar-refractivity contribution in [1.82, 2.24) is 5.32 Å². The molecule has 0 aliphatic rings. The average Bonchev–Trinajstić information content (AvgIpc) is 2.21. The molecule has 0 saturated heterocycles. The SMILES string of the molecule is C=CC(C)(CCCSCC)CNC(C)(C)C. The Morgan fingerprint density at radius 3 is 2.31 bits per heavy atom. The molecule has 96 valence electrons. The lowest BCUT2D eigenvalue weighted by molar-refractivity contribution is 0.307. The Hall–Kier alpha value is 0.0500. The quantitative estimate of drug-likeness (QED) is 0.509. The van der Waals surface area contributed by atoms with Gasteiger partial charge in [0.25, 0.3) is 0 Å². The highest BCUT2D eigenvalue weighted by Crippen LogP contribution is 2.25. The van der Waals surface area contributed by atoms with E-state index in [0.29, 0.717) is 0 Å². The first-order valence-electron chi connectivity index (χ1n) is 6.29. The van der Waals surface area contributed by atoms with Crippen LogP contribution < -0.4 is 5.32 Å². The molecule has 0 aromatic heterocycles. The second kappa shape index (κ2) is 7.39. The highest BCUT2D eigenvalue weighted by Gasteiger charge is 2.22. The third-order valence-electron chi connectivity index (χ3n) is 2.76. The molecule has 0 rings (SSSR count). The Morgan fingerprint density at radius 2 is 1.88 bits per heavy atom. The molecule has 0 amide bonds. The zero-order valence-corrected chi connectivity index (χ0v) is 12.5. The Balaban J connectivity index is 3.96. The number of thioether (sulfide) groups is 1. The van der Waals surface area contributed by atoms with Crippen LogP contribution in [-0.2, 0) is 0 Å². The predicted molar refractivity (Wildman–Crippen MR) is 78.3 cm³/mol. The van der Waals surface area contributed by atoms with E-state index in [4.69, 9.17) is 0 Å². The highest BCUT2D eigenvalue weighted by molar-refractivity contribution is 7.99. The fourth-order valence-corrected chi connectivity index (χ4v) is 2.09. The Kier molecular flexibility index (Phi) is 7.41. The van der Waals surface area contributed by atoms with E-state index in [1.54, 1.807) is 0 Å². The summed E-state index contributed by atoms with van der Waals surface area (Å²) in [5.41, 5.74) is 0.435. The molecule has 0 aromatic carbocycles. The molecule has 1 atom stereocenters. The Bertz CT molecular complexity index is 195. The van der Waals surface area contributed by atoms with Crippen molar-refractivity contribution in [2.45, 2.75) is 53.0 Å². The number of nitrogens with one attached hydrogen (secondary N) is 1. The van der Waals surface area contributed by atoms with Gasteiger partial charge in [0.2, 0.25) is 0 Å². The molecule has 2 heteroatoms. The molecule has 16 heavy (non-hydrogen) atoms. The van der Waals surface area contributed by atoms with Gasteiger partial charge in [-0.15, -0.1) is 6.58 Å². The van der Waals surface area contributed by atoms with Gasteiger partial charge in [0.15, 0.2) is 0 Å². The summed E-state index contributed by atoms with van der Waals surface area (Å²) in [6.45, 7) is 16.2. The van der Waals surface area contributed by atoms with Gasteiger partial charge in [-0.1, -0.05) is 19.9 Å². The van der Waals surface area contributed by atoms with E-state index in [-0.39, 0.29) is 11.0 Å². The second-order valence-electron chi connectivity index (χ2n) is 5.76. The van der Waals surface area contributed by atoms with E-state index in [1.807, 2.05) is 11.8 Å². The third-order valence-corrected chi connectivity index (χ3v) is 3.74. The Labute approximate surface area is 106 Å². The lowest BCUT2D eigenvalue weighted by Gasteiger charge is -2.31. The lowest BCUT2D eigenvalue weighted by atomic mass is 9.85. The van der Waals surface area contributed by atoms with E-state index in [1.165, 1.54) is 24.3 Å². The lowest BCUT2D eigenvalue weighted by Crippen LogP contribution is -2.42. The van der Waals surface area contributed by atoms with E-state index in [9.17, 15) is 0 Å². The third kappa shape index (κ3) is 8.23. The predicted octanol–water partition coefficient (Wildman–Crippen LogP) is 4.10. The number of rotatable bonds is 8. The maximum absolute atomic E-state index is 3.99. The standard InChI is InChI=1S/C14H29NS/c1-7-14(6,10-9-11-16-8-2)12-15-13(3,4)5/h7,15H,1,8-12H2,2-6H3. The van der Waals surface area contributed by atoms with Gasteiger partial charge in [0.05, 0.1) is 0 Å². The summed E-state index contributed by atoms with van der Waals surface area (Å²) in [4.78, 5) is 0. The summed E-state index contributed by atoms with van der Waals surface area (Å²) in [6, 6.07) is 0. The molecule has 0 bridgehead atoms. The zero-order valence-electron chi connectivity index (χ0n) is 11.7. The van der Waals surface area contributed by atoms with Crippen molar-refractivity contribution in [2.24, 2.45) is 5.41 Å². The van der Waals surface area contributed by atoms with Crippen LogP contribution in [0.3, 0.4) is 0 Å². The minimum absolute atomic E-state index is 0.197. The molecule has 1 unspecified atom stereocenters. The topological polar surface area (TPSA) is 12.0 Å². The van der Waals surface area contributed by atoms with Gasteiger partial charge in [0, 0.05) is 12.1 Å². The molecule has 0 fully saturated rings. The Morgan fingerprint density at radius 1 is 1.25 bits per heavy atom. The van der Waals surface area contributed by atoms with Crippen molar-refractivity contribution in [3.8, 4) is 0 Å². The fraction of sp³-hybridized carbons (Fsp3) is 0.857. The molecule has 1 N–H and O–H groups in total. The van der Waals surface area contributed by atoms with Crippen molar-refractivity contribution >= 4 is 11.8 Å². The van der Waals surface area contributed by atoms with E-state index >= 15 is 0 Å². The molecule has 0 aliphatic heterocycles. The molecular weight excluding hydrogens is 214 g/mol. The van der Waals surface area contributed by atoms with Crippen molar-refractivity contribution in [3.63, 3.8) is 0 Å². The largest absolute Gasteiger partial charge is 0.311 e. The van der Waals surface area contributed by atoms with Crippen molar-refractivity contribution < 1.29 is 0 Å². The highest BCUT2D eigenvalue weighted by atomic mass is 32.2. The second-order valence-corrected chi connectivity index (χ2v) is 7.16. The maximum atomic E-state index is 3.99. The van der Waals surface area contributed by atoms with Gasteiger partial charge in [-0.05, 0) is 50.5 Å². The molecule has 0 radical (unpaired) electrons. The molecule has 0 heterocycles. The van der Waals surface area contributed by atoms with Gasteiger partial charge in [-0.25, -0.2) is 0 Å². The molecule has 0 spiro atoms. The molecule has 0 saturated carbocycles. The van der Waals surface area contributed by atoms with Gasteiger partial charge in [0.1, 0.15) is 0 Å². The summed E-state index contributed by atoms with van der Waals surface area (Å²) in [7, 11) is 0. The normalized spacial score (nSPS) is 15.8. The monoisotopic (exact) mass is 243 g/mol. The first-order chi connectivity index (χ1) is 7.33. The van der Waals surface area contributed by atoms with Gasteiger partial charge in [-0.3, -0.25) is 0 Å². The molecule has 1 nitrogen and oxygen atoms in total. The summed E-state index contributed by atoms with van der Waals surface area (Å²) in [5, 5.41) is 3.58. The summed E-state index contributed by atoms with van der Waals surface area (Å²) in [5.74, 6) is 2.50. The van der Waals surface area contributed by atoms with Crippen LogP contribution in [0.5, 0.6) is 0 Å². The van der Waals surface area contributed by atoms with Crippen LogP contribution in [0.15, 0.2) is 12.7 Å². The molecule has 0 aliphatic carbocycles. The first kappa shape index (κ1) is 16.1. The molecular formula is C14H29NS. The fourth-order valence-electron chi connectivity index (χ4n) is 1.45. The smallest absolute Gasteiger partial charge is 0.00968 e. The van der Waals surface area contributed by atoms with Crippen LogP contribution in [0.1, 0.15) is 47.5 Å². The van der Waals surface area contributed by atoms with Crippen LogP contribution in [-0.4, -0.2) is 23.6 Å². The van der Waals surface area contributed by atoms with Crippen LogP contribution in [0.2, 0.25) is 0 Å². The van der Waals surface area contributed by atoms with Crippen molar-refractivity contribution in [2.75, 3.05) is 18.1 Å². The summed E-state index contributed by atoms with van der Waals surface area (Å²) < 4.78 is 0. The number of hydrogen-bond donors (Lipinski definition) is 1. The average molecular weight is 243 g/mol. The van der Waals surface area contributed by atoms with Gasteiger partial charge < -0.3 is 5.32 Å². The summed E-state index contributed by atoms with van der Waals surface area (Å²) >= 11 is 2.03. The van der Waals surface area contributed by atoms with Crippen molar-refractivity contribution in [3.05, 3.63) is 12.7 Å². The molecule has 0 aromatic rings. The van der Waals surface area contributed by atoms with Gasteiger partial charge in [-0.2, -0.15) is 11.8 Å². The summed E-state index contributed by atoms with van der Waals surface area (Å²) in [6.07, 6.45) is 4.63. The van der Waals surface area contributed by atoms with Crippen LogP contribution in [0, 0.1) is 5.41 Å². The van der Waals surface area contributed by atoms with E-state index < -0.39 is 0 Å². The van der Waals surface area contributed by atoms with E-state index in [0.717, 1.165) is 6.54 Å². The minimum Gasteiger partial charge on any atom is -0.311 e. The van der Waals surface area contributed by atoms with Crippen LogP contribution in [0.4, 0.5) is 0 Å². The number of hydrogen-bond acceptors (Lipinski definition) is 2. The zero-order chi connectivity index (χ0) is 12.7. The van der Waals surface area contributed by atoms with Crippen LogP contribution >= 0.6 is 11.8 Å². The first-order valence-corrected chi connectivity index (χ1v) is 7.45. The van der Waals surface area contributed by atoms with E-state index in [2.05, 4.69) is 52.6 Å². The maximum Gasteiger partial charge on any atom is 0.00968 e. The minimum atomic E-state index is 0.197. The van der Waals surface area contributed by atoms with Gasteiger partial charge >= 0.3 is 0 Å². The van der Waals surface area contributed by atoms with Crippen molar-refractivity contribution in [1.29, 1.82) is 0 Å². The van der Waals surface area contributed by atoms with Crippen LogP contribution in [0.25, 0.3) is 0 Å².